The summed E-state index contributed by atoms with van der Waals surface area (Å²) in [4.78, 5) is 11.1. The first kappa shape index (κ1) is 14.9. The number of nitrogens with one attached hydrogen (secondary N) is 2. The molecule has 6 nitrogen and oxygen atoms in total. The molecule has 0 atom stereocenters. The lowest BCUT2D eigenvalue weighted by Gasteiger charge is -2.28. The summed E-state index contributed by atoms with van der Waals surface area (Å²) in [6.45, 7) is 8.08. The van der Waals surface area contributed by atoms with E-state index in [4.69, 9.17) is 17.0 Å². The molecular weight excluding hydrogens is 274 g/mol. The molecule has 20 heavy (non-hydrogen) atoms. The largest absolute Gasteiger partial charge is 0.378 e. The minimum Gasteiger partial charge on any atom is -0.378 e. The molecule has 0 aliphatic carbocycles. The van der Waals surface area contributed by atoms with E-state index in [2.05, 4.69) is 32.4 Å². The predicted molar refractivity (Wildman–Crippen MR) is 84.3 cm³/mol. The molecule has 0 aromatic carbocycles. The molecule has 1 aromatic rings. The summed E-state index contributed by atoms with van der Waals surface area (Å²) in [5, 5.41) is 6.70. The van der Waals surface area contributed by atoms with Crippen molar-refractivity contribution in [2.45, 2.75) is 20.3 Å². The van der Waals surface area contributed by atoms with E-state index in [9.17, 15) is 0 Å². The molecule has 2 N–H and O–H groups in total. The van der Waals surface area contributed by atoms with Crippen LogP contribution in [0.25, 0.3) is 0 Å². The van der Waals surface area contributed by atoms with Gasteiger partial charge in [-0.05, 0) is 25.6 Å². The van der Waals surface area contributed by atoms with Gasteiger partial charge in [-0.1, -0.05) is 6.92 Å². The fraction of sp³-hybridized carbons (Fsp3) is 0.615. The Kier molecular flexibility index (Phi) is 5.49. The Bertz CT molecular complexity index is 462. The van der Waals surface area contributed by atoms with Crippen LogP contribution in [0.2, 0.25) is 0 Å². The molecule has 1 aliphatic heterocycles. The van der Waals surface area contributed by atoms with Crippen LogP contribution < -0.4 is 15.5 Å². The summed E-state index contributed by atoms with van der Waals surface area (Å²) in [7, 11) is 0. The van der Waals surface area contributed by atoms with Crippen LogP contribution in [0.4, 0.5) is 11.8 Å². The van der Waals surface area contributed by atoms with Gasteiger partial charge in [0.25, 0.3) is 0 Å². The molecule has 1 saturated heterocycles. The lowest BCUT2D eigenvalue weighted by Crippen LogP contribution is -2.37. The van der Waals surface area contributed by atoms with E-state index in [1.165, 1.54) is 0 Å². The summed E-state index contributed by atoms with van der Waals surface area (Å²) in [5.74, 6) is 1.46. The van der Waals surface area contributed by atoms with Gasteiger partial charge in [0.15, 0.2) is 5.11 Å². The summed E-state index contributed by atoms with van der Waals surface area (Å²) in [6, 6.07) is 1.99. The van der Waals surface area contributed by atoms with Gasteiger partial charge >= 0.3 is 0 Å². The Balaban J connectivity index is 2.05. The van der Waals surface area contributed by atoms with Crippen molar-refractivity contribution in [1.82, 2.24) is 15.3 Å². The van der Waals surface area contributed by atoms with E-state index in [0.29, 0.717) is 11.1 Å². The molecule has 110 valence electrons. The first-order chi connectivity index (χ1) is 9.69. The van der Waals surface area contributed by atoms with E-state index in [1.807, 2.05) is 13.0 Å². The molecule has 0 saturated carbocycles. The maximum absolute atomic E-state index is 5.36. The molecule has 2 rings (SSSR count). The third kappa shape index (κ3) is 4.28. The summed E-state index contributed by atoms with van der Waals surface area (Å²) < 4.78 is 5.36. The van der Waals surface area contributed by atoms with Crippen molar-refractivity contribution in [3.63, 3.8) is 0 Å². The van der Waals surface area contributed by atoms with Crippen molar-refractivity contribution in [3.05, 3.63) is 11.8 Å². The Labute approximate surface area is 124 Å². The molecule has 0 amide bonds. The van der Waals surface area contributed by atoms with Crippen LogP contribution >= 0.6 is 12.2 Å². The maximum atomic E-state index is 5.36. The lowest BCUT2D eigenvalue weighted by molar-refractivity contribution is 0.122. The maximum Gasteiger partial charge on any atom is 0.231 e. The number of ether oxygens (including phenoxy) is 1. The quantitative estimate of drug-likeness (QED) is 0.812. The second-order valence-electron chi connectivity index (χ2n) is 4.67. The van der Waals surface area contributed by atoms with Gasteiger partial charge in [0.2, 0.25) is 5.95 Å². The Morgan fingerprint density at radius 1 is 1.40 bits per heavy atom. The predicted octanol–water partition coefficient (Wildman–Crippen LogP) is 1.32. The SMILES string of the molecule is CCCNC(=S)Nc1nc(C)cc(N2CCOCC2)n1. The van der Waals surface area contributed by atoms with Crippen LogP contribution in [0, 0.1) is 6.92 Å². The summed E-state index contributed by atoms with van der Waals surface area (Å²) >= 11 is 5.21. The third-order valence-electron chi connectivity index (χ3n) is 2.94. The van der Waals surface area contributed by atoms with Crippen LogP contribution in [0.15, 0.2) is 6.07 Å². The highest BCUT2D eigenvalue weighted by Crippen LogP contribution is 2.16. The van der Waals surface area contributed by atoms with E-state index in [0.717, 1.165) is 50.8 Å². The van der Waals surface area contributed by atoms with Crippen LogP contribution in [0.5, 0.6) is 0 Å². The van der Waals surface area contributed by atoms with Gasteiger partial charge in [-0.3, -0.25) is 0 Å². The van der Waals surface area contributed by atoms with Crippen molar-refractivity contribution < 1.29 is 4.74 Å². The number of nitrogens with zero attached hydrogens (tertiary/aromatic N) is 3. The highest BCUT2D eigenvalue weighted by molar-refractivity contribution is 7.80. The zero-order valence-electron chi connectivity index (χ0n) is 12.0. The molecule has 1 fully saturated rings. The van der Waals surface area contributed by atoms with E-state index < -0.39 is 0 Å². The van der Waals surface area contributed by atoms with Crippen LogP contribution in [-0.4, -0.2) is 47.9 Å². The molecule has 2 heterocycles. The molecule has 0 radical (unpaired) electrons. The van der Waals surface area contributed by atoms with Crippen molar-refractivity contribution in [2.75, 3.05) is 43.1 Å². The van der Waals surface area contributed by atoms with Crippen LogP contribution in [0.3, 0.4) is 0 Å². The van der Waals surface area contributed by atoms with Crippen LogP contribution in [0.1, 0.15) is 19.0 Å². The highest BCUT2D eigenvalue weighted by atomic mass is 32.1. The van der Waals surface area contributed by atoms with Gasteiger partial charge in [0.1, 0.15) is 5.82 Å². The fourth-order valence-electron chi connectivity index (χ4n) is 1.95. The molecule has 0 unspecified atom stereocenters. The Morgan fingerprint density at radius 3 is 2.85 bits per heavy atom. The molecule has 1 aliphatic rings. The number of aromatic nitrogens is 2. The van der Waals surface area contributed by atoms with Gasteiger partial charge in [-0.25, -0.2) is 4.98 Å². The average Bonchev–Trinajstić information content (AvgIpc) is 2.45. The first-order valence-corrected chi connectivity index (χ1v) is 7.33. The van der Waals surface area contributed by atoms with Crippen molar-refractivity contribution in [2.24, 2.45) is 0 Å². The second-order valence-corrected chi connectivity index (χ2v) is 5.08. The van der Waals surface area contributed by atoms with Gasteiger partial charge in [0.05, 0.1) is 13.2 Å². The number of hydrogen-bond acceptors (Lipinski definition) is 5. The number of thiocarbonyl (C=S) groups is 1. The average molecular weight is 295 g/mol. The topological polar surface area (TPSA) is 62.3 Å². The van der Waals surface area contributed by atoms with E-state index in [1.54, 1.807) is 0 Å². The van der Waals surface area contributed by atoms with Gasteiger partial charge in [-0.2, -0.15) is 4.98 Å². The lowest BCUT2D eigenvalue weighted by atomic mass is 10.3. The third-order valence-corrected chi connectivity index (χ3v) is 3.18. The molecule has 0 spiro atoms. The smallest absolute Gasteiger partial charge is 0.231 e. The first-order valence-electron chi connectivity index (χ1n) is 6.92. The van der Waals surface area contributed by atoms with Gasteiger partial charge in [-0.15, -0.1) is 0 Å². The minimum atomic E-state index is 0.542. The Hall–Kier alpha value is -1.47. The molecular formula is C13H21N5OS. The molecule has 1 aromatic heterocycles. The number of rotatable bonds is 4. The van der Waals surface area contributed by atoms with Gasteiger partial charge < -0.3 is 20.3 Å². The highest BCUT2D eigenvalue weighted by Gasteiger charge is 2.14. The van der Waals surface area contributed by atoms with Crippen molar-refractivity contribution >= 4 is 29.1 Å². The molecule has 7 heteroatoms. The normalized spacial score (nSPS) is 15.0. The van der Waals surface area contributed by atoms with E-state index in [-0.39, 0.29) is 0 Å². The second kappa shape index (κ2) is 7.35. The number of anilines is 2. The fourth-order valence-corrected chi connectivity index (χ4v) is 2.14. The molecule has 0 bridgehead atoms. The van der Waals surface area contributed by atoms with Crippen molar-refractivity contribution in [3.8, 4) is 0 Å². The zero-order chi connectivity index (χ0) is 14.4. The standard InChI is InChI=1S/C13H21N5OS/c1-3-4-14-13(20)17-12-15-10(2)9-11(16-12)18-5-7-19-8-6-18/h9H,3-8H2,1-2H3,(H2,14,15,16,17,20). The number of hydrogen-bond donors (Lipinski definition) is 2. The summed E-state index contributed by atoms with van der Waals surface area (Å²) in [5.41, 5.74) is 0.919. The van der Waals surface area contributed by atoms with Gasteiger partial charge in [0, 0.05) is 31.4 Å². The monoisotopic (exact) mass is 295 g/mol. The van der Waals surface area contributed by atoms with E-state index >= 15 is 0 Å². The van der Waals surface area contributed by atoms with Crippen LogP contribution in [-0.2, 0) is 4.74 Å². The minimum absolute atomic E-state index is 0.542. The van der Waals surface area contributed by atoms with Crippen molar-refractivity contribution in [1.29, 1.82) is 0 Å². The number of morpholine rings is 1. The summed E-state index contributed by atoms with van der Waals surface area (Å²) in [6.07, 6.45) is 1.02. The Morgan fingerprint density at radius 2 is 2.15 bits per heavy atom. The zero-order valence-corrected chi connectivity index (χ0v) is 12.8. The number of aryl methyl sites for hydroxylation is 1.